The lowest BCUT2D eigenvalue weighted by molar-refractivity contribution is 0.0987. The standard InChI is InChI=1S/C10H11NO2/c1-13-9-4-2-3-6-7(11)5-8(12)10(6)9/h2-4,7H,5,11H2,1H3/t7-/m0/s1. The molecule has 0 bridgehead atoms. The molecule has 0 saturated heterocycles. The molecule has 0 amide bonds. The molecule has 0 fully saturated rings. The number of carbonyl (C=O) groups is 1. The van der Waals surface area contributed by atoms with E-state index in [0.29, 0.717) is 17.7 Å². The average molecular weight is 177 g/mol. The molecule has 3 heteroatoms. The van der Waals surface area contributed by atoms with E-state index >= 15 is 0 Å². The first-order valence-corrected chi connectivity index (χ1v) is 4.19. The van der Waals surface area contributed by atoms with Gasteiger partial charge in [0.2, 0.25) is 0 Å². The van der Waals surface area contributed by atoms with Crippen molar-refractivity contribution in [3.05, 3.63) is 29.3 Å². The van der Waals surface area contributed by atoms with Crippen molar-refractivity contribution in [3.8, 4) is 5.75 Å². The van der Waals surface area contributed by atoms with Gasteiger partial charge in [0.1, 0.15) is 5.75 Å². The summed E-state index contributed by atoms with van der Waals surface area (Å²) in [6.45, 7) is 0. The van der Waals surface area contributed by atoms with E-state index in [1.807, 2.05) is 12.1 Å². The minimum atomic E-state index is -0.155. The highest BCUT2D eigenvalue weighted by Crippen LogP contribution is 2.35. The third-order valence-electron chi connectivity index (χ3n) is 2.36. The van der Waals surface area contributed by atoms with Gasteiger partial charge in [-0.05, 0) is 11.6 Å². The Hall–Kier alpha value is -1.35. The maximum atomic E-state index is 11.5. The van der Waals surface area contributed by atoms with Gasteiger partial charge in [0.05, 0.1) is 12.7 Å². The van der Waals surface area contributed by atoms with Crippen LogP contribution in [0.4, 0.5) is 0 Å². The van der Waals surface area contributed by atoms with Gasteiger partial charge in [0.25, 0.3) is 0 Å². The first-order chi connectivity index (χ1) is 6.24. The molecular formula is C10H11NO2. The van der Waals surface area contributed by atoms with Gasteiger partial charge in [-0.1, -0.05) is 12.1 Å². The van der Waals surface area contributed by atoms with Crippen LogP contribution in [-0.2, 0) is 0 Å². The molecule has 1 aromatic rings. The zero-order chi connectivity index (χ0) is 9.42. The highest BCUT2D eigenvalue weighted by molar-refractivity contribution is 6.03. The molecule has 0 spiro atoms. The smallest absolute Gasteiger partial charge is 0.168 e. The van der Waals surface area contributed by atoms with E-state index in [2.05, 4.69) is 0 Å². The number of Topliss-reactive ketones (excluding diaryl/α,β-unsaturated/α-hetero) is 1. The maximum absolute atomic E-state index is 11.5. The normalized spacial score (nSPS) is 20.2. The van der Waals surface area contributed by atoms with E-state index < -0.39 is 0 Å². The summed E-state index contributed by atoms with van der Waals surface area (Å²) in [5.74, 6) is 0.718. The molecule has 0 aliphatic heterocycles. The van der Waals surface area contributed by atoms with E-state index in [-0.39, 0.29) is 11.8 Å². The number of hydrogen-bond donors (Lipinski definition) is 1. The number of hydrogen-bond acceptors (Lipinski definition) is 3. The summed E-state index contributed by atoms with van der Waals surface area (Å²) in [5.41, 5.74) is 7.36. The summed E-state index contributed by atoms with van der Waals surface area (Å²) in [4.78, 5) is 11.5. The fraction of sp³-hybridized carbons (Fsp3) is 0.300. The van der Waals surface area contributed by atoms with Crippen LogP contribution in [0.3, 0.4) is 0 Å². The molecule has 1 atom stereocenters. The van der Waals surface area contributed by atoms with Gasteiger partial charge >= 0.3 is 0 Å². The van der Waals surface area contributed by atoms with Gasteiger partial charge < -0.3 is 10.5 Å². The zero-order valence-electron chi connectivity index (χ0n) is 7.41. The van der Waals surface area contributed by atoms with Crippen molar-refractivity contribution in [1.82, 2.24) is 0 Å². The number of methoxy groups -OCH3 is 1. The van der Waals surface area contributed by atoms with Gasteiger partial charge in [-0.15, -0.1) is 0 Å². The molecule has 1 aromatic carbocycles. The Kier molecular flexibility index (Phi) is 1.81. The second kappa shape index (κ2) is 2.85. The lowest BCUT2D eigenvalue weighted by Crippen LogP contribution is -2.05. The highest BCUT2D eigenvalue weighted by atomic mass is 16.5. The Morgan fingerprint density at radius 1 is 1.54 bits per heavy atom. The van der Waals surface area contributed by atoms with Gasteiger partial charge in [0, 0.05) is 12.5 Å². The number of benzene rings is 1. The fourth-order valence-corrected chi connectivity index (χ4v) is 1.74. The van der Waals surface area contributed by atoms with Gasteiger partial charge in [-0.2, -0.15) is 0 Å². The zero-order valence-corrected chi connectivity index (χ0v) is 7.41. The first kappa shape index (κ1) is 8.26. The van der Waals surface area contributed by atoms with Crippen LogP contribution in [-0.4, -0.2) is 12.9 Å². The van der Waals surface area contributed by atoms with Crippen molar-refractivity contribution in [1.29, 1.82) is 0 Å². The van der Waals surface area contributed by atoms with Crippen LogP contribution in [0, 0.1) is 0 Å². The minimum absolute atomic E-state index is 0.0833. The Morgan fingerprint density at radius 3 is 3.00 bits per heavy atom. The number of nitrogens with two attached hydrogens (primary N) is 1. The van der Waals surface area contributed by atoms with Gasteiger partial charge in [-0.3, -0.25) is 4.79 Å². The number of fused-ring (bicyclic) bond motifs is 1. The summed E-state index contributed by atoms with van der Waals surface area (Å²) in [7, 11) is 1.56. The minimum Gasteiger partial charge on any atom is -0.496 e. The number of ether oxygens (including phenoxy) is 1. The molecule has 0 heterocycles. The monoisotopic (exact) mass is 177 g/mol. The molecule has 0 saturated carbocycles. The van der Waals surface area contributed by atoms with Gasteiger partial charge in [0.15, 0.2) is 5.78 Å². The summed E-state index contributed by atoms with van der Waals surface area (Å²) in [6, 6.07) is 5.37. The maximum Gasteiger partial charge on any atom is 0.168 e. The van der Waals surface area contributed by atoms with Crippen LogP contribution < -0.4 is 10.5 Å². The van der Waals surface area contributed by atoms with Crippen LogP contribution in [0.1, 0.15) is 28.4 Å². The summed E-state index contributed by atoms with van der Waals surface area (Å²) < 4.78 is 5.10. The second-order valence-electron chi connectivity index (χ2n) is 3.16. The summed E-state index contributed by atoms with van der Waals surface area (Å²) >= 11 is 0. The number of carbonyl (C=O) groups excluding carboxylic acids is 1. The van der Waals surface area contributed by atoms with Crippen molar-refractivity contribution < 1.29 is 9.53 Å². The van der Waals surface area contributed by atoms with Crippen molar-refractivity contribution in [2.45, 2.75) is 12.5 Å². The second-order valence-corrected chi connectivity index (χ2v) is 3.16. The van der Waals surface area contributed by atoms with Crippen LogP contribution in [0.25, 0.3) is 0 Å². The van der Waals surface area contributed by atoms with Crippen molar-refractivity contribution in [2.75, 3.05) is 7.11 Å². The van der Waals surface area contributed by atoms with Gasteiger partial charge in [-0.25, -0.2) is 0 Å². The Balaban J connectivity index is 2.62. The van der Waals surface area contributed by atoms with E-state index in [1.165, 1.54) is 0 Å². The van der Waals surface area contributed by atoms with Crippen molar-refractivity contribution >= 4 is 5.78 Å². The predicted octanol–water partition coefficient (Wildman–Crippen LogP) is 1.28. The number of ketones is 1. The molecule has 1 aliphatic rings. The largest absolute Gasteiger partial charge is 0.496 e. The lowest BCUT2D eigenvalue weighted by atomic mass is 10.1. The van der Waals surface area contributed by atoms with Crippen molar-refractivity contribution in [3.63, 3.8) is 0 Å². The predicted molar refractivity (Wildman–Crippen MR) is 48.9 cm³/mol. The molecular weight excluding hydrogens is 166 g/mol. The first-order valence-electron chi connectivity index (χ1n) is 4.19. The molecule has 1 aliphatic carbocycles. The molecule has 13 heavy (non-hydrogen) atoms. The number of rotatable bonds is 1. The Morgan fingerprint density at radius 2 is 2.31 bits per heavy atom. The highest BCUT2D eigenvalue weighted by Gasteiger charge is 2.29. The molecule has 68 valence electrons. The van der Waals surface area contributed by atoms with Crippen LogP contribution >= 0.6 is 0 Å². The van der Waals surface area contributed by atoms with E-state index in [4.69, 9.17) is 10.5 Å². The average Bonchev–Trinajstić information content (AvgIpc) is 2.43. The van der Waals surface area contributed by atoms with E-state index in [9.17, 15) is 4.79 Å². The Labute approximate surface area is 76.5 Å². The fourth-order valence-electron chi connectivity index (χ4n) is 1.74. The van der Waals surface area contributed by atoms with Crippen molar-refractivity contribution in [2.24, 2.45) is 5.73 Å². The molecule has 3 nitrogen and oxygen atoms in total. The van der Waals surface area contributed by atoms with E-state index in [1.54, 1.807) is 13.2 Å². The molecule has 0 radical (unpaired) electrons. The lowest BCUT2D eigenvalue weighted by Gasteiger charge is -2.06. The summed E-state index contributed by atoms with van der Waals surface area (Å²) in [6.07, 6.45) is 0.399. The van der Waals surface area contributed by atoms with Crippen LogP contribution in [0.5, 0.6) is 5.75 Å². The summed E-state index contributed by atoms with van der Waals surface area (Å²) in [5, 5.41) is 0. The molecule has 2 N–H and O–H groups in total. The molecule has 0 unspecified atom stereocenters. The molecule has 0 aromatic heterocycles. The quantitative estimate of drug-likeness (QED) is 0.703. The third-order valence-corrected chi connectivity index (χ3v) is 2.36. The van der Waals surface area contributed by atoms with Crippen LogP contribution in [0.15, 0.2) is 18.2 Å². The van der Waals surface area contributed by atoms with Crippen LogP contribution in [0.2, 0.25) is 0 Å². The third kappa shape index (κ3) is 1.12. The Bertz CT molecular complexity index is 360. The topological polar surface area (TPSA) is 52.3 Å². The molecule has 2 rings (SSSR count). The SMILES string of the molecule is COc1cccc2c1C(=O)C[C@@H]2N. The van der Waals surface area contributed by atoms with E-state index in [0.717, 1.165) is 5.56 Å².